The Morgan fingerprint density at radius 3 is 2.50 bits per heavy atom. The molecule has 4 heteroatoms. The Bertz CT molecular complexity index is 554. The molecule has 1 unspecified atom stereocenters. The van der Waals surface area contributed by atoms with Crippen LogP contribution in [-0.2, 0) is 0 Å². The van der Waals surface area contributed by atoms with Crippen LogP contribution < -0.4 is 0 Å². The highest BCUT2D eigenvalue weighted by molar-refractivity contribution is 7.71. The molecular weight excluding hydrogens is 242 g/mol. The third-order valence-electron chi connectivity index (χ3n) is 3.13. The van der Waals surface area contributed by atoms with E-state index in [2.05, 4.69) is 59.8 Å². The van der Waals surface area contributed by atoms with Gasteiger partial charge in [0.1, 0.15) is 5.82 Å². The fourth-order valence-corrected chi connectivity index (χ4v) is 2.53. The van der Waals surface area contributed by atoms with E-state index in [0.29, 0.717) is 10.7 Å². The third-order valence-corrected chi connectivity index (χ3v) is 3.42. The molecule has 0 bridgehead atoms. The van der Waals surface area contributed by atoms with Gasteiger partial charge in [-0.15, -0.1) is 0 Å². The number of hydrogen-bond donors (Lipinski definition) is 1. The summed E-state index contributed by atoms with van der Waals surface area (Å²) in [6, 6.07) is 10.7. The van der Waals surface area contributed by atoms with Crippen molar-refractivity contribution in [3.8, 4) is 0 Å². The maximum atomic E-state index is 5.38. The van der Waals surface area contributed by atoms with E-state index in [-0.39, 0.29) is 6.04 Å². The standard InChI is InChI=1S/C14H19N3S/c1-4-12(11-8-6-5-7-9-11)17-13(10(2)3)15-16-14(17)18/h5-10,12H,4H2,1-3H3,(H,16,18). The van der Waals surface area contributed by atoms with Crippen molar-refractivity contribution >= 4 is 12.2 Å². The van der Waals surface area contributed by atoms with Crippen LogP contribution in [0, 0.1) is 4.77 Å². The highest BCUT2D eigenvalue weighted by Gasteiger charge is 2.18. The summed E-state index contributed by atoms with van der Waals surface area (Å²) in [5.74, 6) is 1.38. The quantitative estimate of drug-likeness (QED) is 0.842. The molecule has 1 atom stereocenters. The molecule has 1 aromatic heterocycles. The first-order valence-corrected chi connectivity index (χ1v) is 6.77. The Kier molecular flexibility index (Phi) is 3.97. The van der Waals surface area contributed by atoms with Crippen LogP contribution in [0.15, 0.2) is 30.3 Å². The highest BCUT2D eigenvalue weighted by Crippen LogP contribution is 2.25. The highest BCUT2D eigenvalue weighted by atomic mass is 32.1. The number of benzene rings is 1. The largest absolute Gasteiger partial charge is 0.296 e. The van der Waals surface area contributed by atoms with E-state index in [9.17, 15) is 0 Å². The van der Waals surface area contributed by atoms with Crippen LogP contribution in [0.5, 0.6) is 0 Å². The van der Waals surface area contributed by atoms with Gasteiger partial charge in [-0.05, 0) is 24.2 Å². The fourth-order valence-electron chi connectivity index (χ4n) is 2.27. The zero-order valence-corrected chi connectivity index (χ0v) is 11.9. The Hall–Kier alpha value is -1.42. The Morgan fingerprint density at radius 2 is 1.94 bits per heavy atom. The molecule has 1 heterocycles. The van der Waals surface area contributed by atoms with Crippen molar-refractivity contribution in [3.63, 3.8) is 0 Å². The first kappa shape index (κ1) is 13.0. The summed E-state index contributed by atoms with van der Waals surface area (Å²) in [4.78, 5) is 0. The van der Waals surface area contributed by atoms with Crippen molar-refractivity contribution in [1.82, 2.24) is 14.8 Å². The van der Waals surface area contributed by atoms with Gasteiger partial charge in [-0.25, -0.2) is 0 Å². The van der Waals surface area contributed by atoms with Crippen molar-refractivity contribution < 1.29 is 0 Å². The van der Waals surface area contributed by atoms with Crippen LogP contribution in [0.3, 0.4) is 0 Å². The molecule has 2 rings (SSSR count). The van der Waals surface area contributed by atoms with Gasteiger partial charge in [-0.3, -0.25) is 9.67 Å². The number of rotatable bonds is 4. The van der Waals surface area contributed by atoms with E-state index in [4.69, 9.17) is 12.2 Å². The molecule has 0 aliphatic heterocycles. The molecule has 96 valence electrons. The van der Waals surface area contributed by atoms with E-state index in [1.54, 1.807) is 0 Å². The maximum Gasteiger partial charge on any atom is 0.195 e. The predicted octanol–water partition coefficient (Wildman–Crippen LogP) is 4.06. The molecule has 0 aliphatic rings. The lowest BCUT2D eigenvalue weighted by molar-refractivity contribution is 0.522. The van der Waals surface area contributed by atoms with Gasteiger partial charge in [0.2, 0.25) is 0 Å². The summed E-state index contributed by atoms with van der Waals surface area (Å²) in [5, 5.41) is 7.27. The molecule has 18 heavy (non-hydrogen) atoms. The summed E-state index contributed by atoms with van der Waals surface area (Å²) >= 11 is 5.38. The number of aromatic amines is 1. The summed E-state index contributed by atoms with van der Waals surface area (Å²) < 4.78 is 2.85. The molecule has 1 N–H and O–H groups in total. The van der Waals surface area contributed by atoms with E-state index in [0.717, 1.165) is 12.2 Å². The van der Waals surface area contributed by atoms with Gasteiger partial charge in [0.05, 0.1) is 6.04 Å². The maximum absolute atomic E-state index is 5.38. The number of aromatic nitrogens is 3. The molecule has 1 aromatic carbocycles. The number of H-pyrrole nitrogens is 1. The molecule has 2 aromatic rings. The SMILES string of the molecule is CCC(c1ccccc1)n1c(C(C)C)n[nH]c1=S. The minimum absolute atomic E-state index is 0.259. The molecule has 0 fully saturated rings. The summed E-state index contributed by atoms with van der Waals surface area (Å²) in [6.07, 6.45) is 0.998. The van der Waals surface area contributed by atoms with E-state index < -0.39 is 0 Å². The number of nitrogens with one attached hydrogen (secondary N) is 1. The third kappa shape index (κ3) is 2.38. The molecule has 0 amide bonds. The average Bonchev–Trinajstić information content (AvgIpc) is 2.74. The van der Waals surface area contributed by atoms with Gasteiger partial charge in [0.25, 0.3) is 0 Å². The van der Waals surface area contributed by atoms with Crippen LogP contribution >= 0.6 is 12.2 Å². The van der Waals surface area contributed by atoms with E-state index in [1.165, 1.54) is 5.56 Å². The molecule has 0 aliphatic carbocycles. The first-order chi connectivity index (χ1) is 8.65. The lowest BCUT2D eigenvalue weighted by atomic mass is 10.0. The van der Waals surface area contributed by atoms with Gasteiger partial charge in [0.15, 0.2) is 4.77 Å². The van der Waals surface area contributed by atoms with Crippen molar-refractivity contribution in [1.29, 1.82) is 0 Å². The minimum Gasteiger partial charge on any atom is -0.296 e. The van der Waals surface area contributed by atoms with E-state index >= 15 is 0 Å². The average molecular weight is 261 g/mol. The topological polar surface area (TPSA) is 33.6 Å². The van der Waals surface area contributed by atoms with Crippen LogP contribution in [-0.4, -0.2) is 14.8 Å². The molecule has 0 saturated carbocycles. The van der Waals surface area contributed by atoms with Crippen molar-refractivity contribution in [2.45, 2.75) is 39.2 Å². The Morgan fingerprint density at radius 1 is 1.28 bits per heavy atom. The second-order valence-electron chi connectivity index (χ2n) is 4.75. The van der Waals surface area contributed by atoms with Crippen molar-refractivity contribution in [3.05, 3.63) is 46.5 Å². The minimum atomic E-state index is 0.259. The normalized spacial score (nSPS) is 12.9. The van der Waals surface area contributed by atoms with E-state index in [1.807, 2.05) is 6.07 Å². The predicted molar refractivity (Wildman–Crippen MR) is 76.4 cm³/mol. The molecular formula is C14H19N3S. The van der Waals surface area contributed by atoms with Crippen LogP contribution in [0.4, 0.5) is 0 Å². The van der Waals surface area contributed by atoms with Crippen molar-refractivity contribution in [2.75, 3.05) is 0 Å². The summed E-state index contributed by atoms with van der Waals surface area (Å²) in [6.45, 7) is 6.45. The lowest BCUT2D eigenvalue weighted by Gasteiger charge is -2.20. The Labute approximate surface area is 113 Å². The number of hydrogen-bond acceptors (Lipinski definition) is 2. The molecule has 3 nitrogen and oxygen atoms in total. The van der Waals surface area contributed by atoms with Gasteiger partial charge < -0.3 is 0 Å². The monoisotopic (exact) mass is 261 g/mol. The zero-order valence-electron chi connectivity index (χ0n) is 11.1. The molecule has 0 spiro atoms. The molecule has 0 saturated heterocycles. The molecule has 0 radical (unpaired) electrons. The van der Waals surface area contributed by atoms with Gasteiger partial charge >= 0.3 is 0 Å². The van der Waals surface area contributed by atoms with Crippen LogP contribution in [0.25, 0.3) is 0 Å². The number of nitrogens with zero attached hydrogens (tertiary/aromatic N) is 2. The van der Waals surface area contributed by atoms with Crippen LogP contribution in [0.1, 0.15) is 50.5 Å². The van der Waals surface area contributed by atoms with Gasteiger partial charge in [-0.1, -0.05) is 51.1 Å². The summed E-state index contributed by atoms with van der Waals surface area (Å²) in [5.41, 5.74) is 1.28. The summed E-state index contributed by atoms with van der Waals surface area (Å²) in [7, 11) is 0. The lowest BCUT2D eigenvalue weighted by Crippen LogP contribution is -2.14. The Balaban J connectivity index is 2.52. The van der Waals surface area contributed by atoms with Crippen molar-refractivity contribution in [2.24, 2.45) is 0 Å². The van der Waals surface area contributed by atoms with Gasteiger partial charge in [0, 0.05) is 5.92 Å². The zero-order chi connectivity index (χ0) is 13.1. The second-order valence-corrected chi connectivity index (χ2v) is 5.13. The second kappa shape index (κ2) is 5.48. The first-order valence-electron chi connectivity index (χ1n) is 6.36. The fraction of sp³-hybridized carbons (Fsp3) is 0.429. The van der Waals surface area contributed by atoms with Gasteiger partial charge in [-0.2, -0.15) is 5.10 Å². The smallest absolute Gasteiger partial charge is 0.195 e. The van der Waals surface area contributed by atoms with Crippen LogP contribution in [0.2, 0.25) is 0 Å².